The van der Waals surface area contributed by atoms with Crippen molar-refractivity contribution in [1.29, 1.82) is 0 Å². The molecule has 26 heavy (non-hydrogen) atoms. The van der Waals surface area contributed by atoms with Crippen LogP contribution in [0.1, 0.15) is 29.6 Å². The highest BCUT2D eigenvalue weighted by Crippen LogP contribution is 2.28. The Bertz CT molecular complexity index is 814. The first-order valence-corrected chi connectivity index (χ1v) is 8.81. The molecule has 6 nitrogen and oxygen atoms in total. The van der Waals surface area contributed by atoms with E-state index in [2.05, 4.69) is 10.6 Å². The highest BCUT2D eigenvalue weighted by Gasteiger charge is 2.23. The van der Waals surface area contributed by atoms with Crippen LogP contribution >= 0.6 is 0 Å². The number of ether oxygens (including phenoxy) is 1. The van der Waals surface area contributed by atoms with Crippen molar-refractivity contribution in [3.05, 3.63) is 48.0 Å². The number of hydrogen-bond donors (Lipinski definition) is 2. The average Bonchev–Trinajstić information content (AvgIpc) is 3.48. The maximum Gasteiger partial charge on any atom is 0.325 e. The number of benzene rings is 2. The average molecular weight is 354 g/mol. The molecule has 6 heteroatoms. The molecule has 0 spiro atoms. The predicted molar refractivity (Wildman–Crippen MR) is 97.6 cm³/mol. The Labute approximate surface area is 151 Å². The highest BCUT2D eigenvalue weighted by atomic mass is 16.5. The third-order valence-corrected chi connectivity index (χ3v) is 4.26. The van der Waals surface area contributed by atoms with E-state index < -0.39 is 5.97 Å². The van der Waals surface area contributed by atoms with Crippen LogP contribution in [0.25, 0.3) is 10.8 Å². The van der Waals surface area contributed by atoms with Crippen molar-refractivity contribution in [1.82, 2.24) is 10.6 Å². The van der Waals surface area contributed by atoms with Gasteiger partial charge in [0, 0.05) is 18.5 Å². The van der Waals surface area contributed by atoms with Gasteiger partial charge < -0.3 is 15.4 Å². The second-order valence-electron chi connectivity index (χ2n) is 6.47. The zero-order valence-corrected chi connectivity index (χ0v) is 14.5. The van der Waals surface area contributed by atoms with Crippen molar-refractivity contribution in [3.8, 4) is 0 Å². The molecule has 2 amide bonds. The summed E-state index contributed by atoms with van der Waals surface area (Å²) in [4.78, 5) is 35.3. The van der Waals surface area contributed by atoms with E-state index in [0.29, 0.717) is 18.1 Å². The highest BCUT2D eigenvalue weighted by molar-refractivity contribution is 5.98. The molecule has 1 saturated carbocycles. The van der Waals surface area contributed by atoms with Crippen molar-refractivity contribution >= 4 is 28.6 Å². The number of hydrogen-bond acceptors (Lipinski definition) is 4. The van der Waals surface area contributed by atoms with Crippen molar-refractivity contribution < 1.29 is 19.1 Å². The second-order valence-corrected chi connectivity index (χ2v) is 6.47. The van der Waals surface area contributed by atoms with Crippen LogP contribution in [-0.2, 0) is 14.3 Å². The van der Waals surface area contributed by atoms with Crippen LogP contribution in [0.4, 0.5) is 0 Å². The third kappa shape index (κ3) is 5.31. The van der Waals surface area contributed by atoms with Gasteiger partial charge in [-0.2, -0.15) is 0 Å². The van der Waals surface area contributed by atoms with Crippen LogP contribution in [0.3, 0.4) is 0 Å². The lowest BCUT2D eigenvalue weighted by Gasteiger charge is -2.08. The Morgan fingerprint density at radius 2 is 1.77 bits per heavy atom. The summed E-state index contributed by atoms with van der Waals surface area (Å²) in [5.74, 6) is -0.454. The molecule has 0 saturated heterocycles. The summed E-state index contributed by atoms with van der Waals surface area (Å²) in [6.45, 7) is 0.509. The van der Waals surface area contributed by atoms with Gasteiger partial charge in [0.1, 0.15) is 6.54 Å². The molecule has 3 rings (SSSR count). The van der Waals surface area contributed by atoms with Crippen LogP contribution in [-0.4, -0.2) is 37.5 Å². The number of rotatable bonds is 8. The van der Waals surface area contributed by atoms with E-state index in [4.69, 9.17) is 4.74 Å². The van der Waals surface area contributed by atoms with Crippen LogP contribution in [0.2, 0.25) is 0 Å². The summed E-state index contributed by atoms with van der Waals surface area (Å²) in [5, 5.41) is 7.27. The summed E-state index contributed by atoms with van der Waals surface area (Å²) < 4.78 is 5.03. The Morgan fingerprint density at radius 1 is 1.00 bits per heavy atom. The molecule has 0 aliphatic heterocycles. The minimum Gasteiger partial charge on any atom is -0.464 e. The van der Waals surface area contributed by atoms with E-state index in [1.54, 1.807) is 6.07 Å². The SMILES string of the molecule is O=C(CCNC(=O)c1ccc2ccccc2c1)NCC(=O)OCC1CC1. The van der Waals surface area contributed by atoms with Gasteiger partial charge in [-0.05, 0) is 41.7 Å². The molecular weight excluding hydrogens is 332 g/mol. The van der Waals surface area contributed by atoms with Crippen molar-refractivity contribution in [2.75, 3.05) is 19.7 Å². The van der Waals surface area contributed by atoms with Gasteiger partial charge in [-0.3, -0.25) is 14.4 Å². The van der Waals surface area contributed by atoms with E-state index in [9.17, 15) is 14.4 Å². The minimum atomic E-state index is -0.426. The van der Waals surface area contributed by atoms with E-state index in [1.165, 1.54) is 0 Å². The maximum absolute atomic E-state index is 12.2. The first-order valence-electron chi connectivity index (χ1n) is 8.81. The number of fused-ring (bicyclic) bond motifs is 1. The van der Waals surface area contributed by atoms with Gasteiger partial charge in [0.15, 0.2) is 0 Å². The van der Waals surface area contributed by atoms with Gasteiger partial charge in [-0.25, -0.2) is 0 Å². The zero-order chi connectivity index (χ0) is 18.4. The topological polar surface area (TPSA) is 84.5 Å². The second kappa shape index (κ2) is 8.47. The smallest absolute Gasteiger partial charge is 0.325 e. The van der Waals surface area contributed by atoms with Crippen LogP contribution in [0, 0.1) is 5.92 Å². The Hall–Kier alpha value is -2.89. The van der Waals surface area contributed by atoms with Gasteiger partial charge >= 0.3 is 5.97 Å². The van der Waals surface area contributed by atoms with E-state index in [0.717, 1.165) is 23.6 Å². The van der Waals surface area contributed by atoms with E-state index in [-0.39, 0.29) is 31.3 Å². The number of nitrogens with one attached hydrogen (secondary N) is 2. The van der Waals surface area contributed by atoms with E-state index >= 15 is 0 Å². The summed E-state index contributed by atoms with van der Waals surface area (Å²) in [7, 11) is 0. The van der Waals surface area contributed by atoms with Gasteiger partial charge in [0.05, 0.1) is 6.61 Å². The molecule has 0 aromatic heterocycles. The first kappa shape index (κ1) is 17.9. The number of carbonyl (C=O) groups excluding carboxylic acids is 3. The fraction of sp³-hybridized carbons (Fsp3) is 0.350. The molecule has 2 aromatic carbocycles. The number of esters is 1. The van der Waals surface area contributed by atoms with Crippen molar-refractivity contribution in [2.24, 2.45) is 5.92 Å². The lowest BCUT2D eigenvalue weighted by atomic mass is 10.1. The predicted octanol–water partition coefficient (Wildman–Crippen LogP) is 2.03. The minimum absolute atomic E-state index is 0.106. The monoisotopic (exact) mass is 354 g/mol. The first-order chi connectivity index (χ1) is 12.6. The zero-order valence-electron chi connectivity index (χ0n) is 14.5. The van der Waals surface area contributed by atoms with Gasteiger partial charge in [-0.15, -0.1) is 0 Å². The summed E-state index contributed by atoms with van der Waals surface area (Å²) in [6, 6.07) is 13.3. The molecule has 0 heterocycles. The number of amides is 2. The molecular formula is C20H22N2O4. The Balaban J connectivity index is 1.36. The van der Waals surface area contributed by atoms with Gasteiger partial charge in [-0.1, -0.05) is 30.3 Å². The fourth-order valence-corrected chi connectivity index (χ4v) is 2.53. The molecule has 1 fully saturated rings. The Kier molecular flexibility index (Phi) is 5.84. The van der Waals surface area contributed by atoms with Gasteiger partial charge in [0.2, 0.25) is 5.91 Å². The summed E-state index contributed by atoms with van der Waals surface area (Å²) >= 11 is 0. The molecule has 2 aromatic rings. The lowest BCUT2D eigenvalue weighted by Crippen LogP contribution is -2.34. The molecule has 0 radical (unpaired) electrons. The molecule has 1 aliphatic rings. The largest absolute Gasteiger partial charge is 0.464 e. The lowest BCUT2D eigenvalue weighted by molar-refractivity contribution is -0.144. The summed E-state index contributed by atoms with van der Waals surface area (Å²) in [6.07, 6.45) is 2.32. The van der Waals surface area contributed by atoms with Gasteiger partial charge in [0.25, 0.3) is 5.91 Å². The molecule has 0 unspecified atom stereocenters. The van der Waals surface area contributed by atoms with Crippen LogP contribution in [0.5, 0.6) is 0 Å². The van der Waals surface area contributed by atoms with Crippen LogP contribution in [0.15, 0.2) is 42.5 Å². The molecule has 2 N–H and O–H groups in total. The number of carbonyl (C=O) groups is 3. The normalized spacial score (nSPS) is 13.2. The maximum atomic E-state index is 12.2. The molecule has 136 valence electrons. The Morgan fingerprint density at radius 3 is 2.54 bits per heavy atom. The van der Waals surface area contributed by atoms with Crippen molar-refractivity contribution in [2.45, 2.75) is 19.3 Å². The van der Waals surface area contributed by atoms with Crippen molar-refractivity contribution in [3.63, 3.8) is 0 Å². The summed E-state index contributed by atoms with van der Waals surface area (Å²) in [5.41, 5.74) is 0.549. The molecule has 0 bridgehead atoms. The van der Waals surface area contributed by atoms with E-state index in [1.807, 2.05) is 36.4 Å². The molecule has 0 atom stereocenters. The fourth-order valence-electron chi connectivity index (χ4n) is 2.53. The third-order valence-electron chi connectivity index (χ3n) is 4.26. The quantitative estimate of drug-likeness (QED) is 0.711. The van der Waals surface area contributed by atoms with Crippen LogP contribution < -0.4 is 10.6 Å². The standard InChI is InChI=1S/C20H22N2O4/c23-18(22-12-19(24)26-13-14-5-6-14)9-10-21-20(25)17-8-7-15-3-1-2-4-16(15)11-17/h1-4,7-8,11,14H,5-6,9-10,12-13H2,(H,21,25)(H,22,23). The molecule has 1 aliphatic carbocycles.